The van der Waals surface area contributed by atoms with Crippen LogP contribution in [0.15, 0.2) is 79.1 Å². The van der Waals surface area contributed by atoms with Crippen molar-refractivity contribution in [2.75, 3.05) is 10.6 Å². The minimum Gasteiger partial charge on any atom is -0.438 e. The maximum Gasteiger partial charge on any atom is 0.324 e. The Morgan fingerprint density at radius 3 is 2.37 bits per heavy atom. The van der Waals surface area contributed by atoms with Crippen molar-refractivity contribution in [3.63, 3.8) is 0 Å². The van der Waals surface area contributed by atoms with E-state index in [0.29, 0.717) is 22.9 Å². The number of primary amides is 1. The molecule has 4 N–H and O–H groups in total. The van der Waals surface area contributed by atoms with Gasteiger partial charge in [-0.05, 0) is 31.2 Å². The summed E-state index contributed by atoms with van der Waals surface area (Å²) < 4.78 is 7.77. The van der Waals surface area contributed by atoms with Gasteiger partial charge in [0.25, 0.3) is 0 Å². The number of rotatable bonds is 7. The number of nitrogens with two attached hydrogens (primary N) is 1. The molecule has 2 heterocycles. The van der Waals surface area contributed by atoms with Gasteiger partial charge in [0.15, 0.2) is 0 Å². The van der Waals surface area contributed by atoms with Crippen molar-refractivity contribution in [2.45, 2.75) is 39.5 Å². The fourth-order valence-electron chi connectivity index (χ4n) is 4.28. The minimum absolute atomic E-state index is 0.0162. The van der Waals surface area contributed by atoms with Crippen LogP contribution in [0.1, 0.15) is 37.7 Å². The third-order valence-electron chi connectivity index (χ3n) is 6.40. The average Bonchev–Trinajstić information content (AvgIpc) is 3.34. The molecule has 0 radical (unpaired) electrons. The number of ether oxygens (including phenoxy) is 1. The molecule has 2 aromatic heterocycles. The minimum atomic E-state index is -0.495. The van der Waals surface area contributed by atoms with E-state index in [9.17, 15) is 9.59 Å². The van der Waals surface area contributed by atoms with Crippen LogP contribution in [0.4, 0.5) is 16.3 Å². The van der Waals surface area contributed by atoms with Crippen molar-refractivity contribution in [1.29, 1.82) is 0 Å². The van der Waals surface area contributed by atoms with Gasteiger partial charge in [0, 0.05) is 28.3 Å². The third kappa shape index (κ3) is 6.33. The van der Waals surface area contributed by atoms with E-state index in [2.05, 4.69) is 41.4 Å². The lowest BCUT2D eigenvalue weighted by atomic mass is 9.92. The lowest BCUT2D eigenvalue weighted by Gasteiger charge is -2.14. The highest BCUT2D eigenvalue weighted by Crippen LogP contribution is 2.34. The summed E-state index contributed by atoms with van der Waals surface area (Å²) in [5.74, 6) is 0.864. The Kier molecular flexibility index (Phi) is 7.39. The quantitative estimate of drug-likeness (QED) is 0.232. The zero-order valence-corrected chi connectivity index (χ0v) is 23.3. The molecule has 0 aliphatic heterocycles. The molecule has 3 amide bonds. The fraction of sp³-hybridized carbons (Fsp3) is 0.194. The van der Waals surface area contributed by atoms with Crippen molar-refractivity contribution in [3.8, 4) is 17.3 Å². The number of carbonyl (C=O) groups is 2. The molecule has 0 unspecified atom stereocenters. The summed E-state index contributed by atoms with van der Waals surface area (Å²) >= 11 is 0. The van der Waals surface area contributed by atoms with Gasteiger partial charge in [0.1, 0.15) is 17.9 Å². The Morgan fingerprint density at radius 1 is 0.927 bits per heavy atom. The van der Waals surface area contributed by atoms with Gasteiger partial charge in [0.2, 0.25) is 11.8 Å². The van der Waals surface area contributed by atoms with Crippen LogP contribution in [0.25, 0.3) is 16.5 Å². The number of amides is 3. The highest BCUT2D eigenvalue weighted by Gasteiger charge is 2.22. The van der Waals surface area contributed by atoms with Crippen LogP contribution in [-0.4, -0.2) is 31.7 Å². The number of anilines is 2. The number of urea groups is 1. The molecule has 0 atom stereocenters. The molecule has 0 aliphatic carbocycles. The van der Waals surface area contributed by atoms with E-state index in [4.69, 9.17) is 15.6 Å². The second kappa shape index (κ2) is 11.1. The predicted octanol–water partition coefficient (Wildman–Crippen LogP) is 5.89. The topological polar surface area (TPSA) is 137 Å². The summed E-state index contributed by atoms with van der Waals surface area (Å²) in [7, 11) is 0. The number of hydrogen-bond donors (Lipinski definition) is 3. The molecule has 0 aliphatic rings. The molecular weight excluding hydrogens is 518 g/mol. The molecule has 3 aromatic carbocycles. The molecule has 0 fully saturated rings. The van der Waals surface area contributed by atoms with Crippen molar-refractivity contribution >= 4 is 34.2 Å². The number of nitrogens with zero attached hydrogens (tertiary/aromatic N) is 4. The van der Waals surface area contributed by atoms with Gasteiger partial charge < -0.3 is 15.8 Å². The number of aryl methyl sites for hydroxylation is 1. The number of benzene rings is 3. The van der Waals surface area contributed by atoms with Gasteiger partial charge in [-0.2, -0.15) is 5.10 Å². The Labute approximate surface area is 237 Å². The molecule has 10 heteroatoms. The van der Waals surface area contributed by atoms with Crippen molar-refractivity contribution < 1.29 is 14.3 Å². The summed E-state index contributed by atoms with van der Waals surface area (Å²) in [5.41, 5.74) is 8.96. The molecule has 10 nitrogen and oxygen atoms in total. The standard InChI is InChI=1S/C31H31N7O3/c1-19-9-11-21(12-10-19)38-28(17-26(37-38)31(2,3)4)36-30(40)35-24-13-14-25(23-8-6-5-7-22(23)24)41-29-16-20(15-27(32)39)33-18-34-29/h5-14,16-18H,15H2,1-4H3,(H2,32,39)(H2,35,36,40). The normalized spacial score (nSPS) is 11.3. The number of hydrogen-bond acceptors (Lipinski definition) is 6. The molecule has 0 bridgehead atoms. The van der Waals surface area contributed by atoms with Gasteiger partial charge in [-0.25, -0.2) is 19.4 Å². The fourth-order valence-corrected chi connectivity index (χ4v) is 4.28. The van der Waals surface area contributed by atoms with Crippen LogP contribution in [0, 0.1) is 6.92 Å². The smallest absolute Gasteiger partial charge is 0.324 e. The largest absolute Gasteiger partial charge is 0.438 e. The van der Waals surface area contributed by atoms with E-state index < -0.39 is 11.9 Å². The van der Waals surface area contributed by atoms with E-state index in [0.717, 1.165) is 27.7 Å². The summed E-state index contributed by atoms with van der Waals surface area (Å²) in [6, 6.07) is 22.1. The molecular formula is C31H31N7O3. The van der Waals surface area contributed by atoms with E-state index in [1.165, 1.54) is 6.33 Å². The summed E-state index contributed by atoms with van der Waals surface area (Å²) in [4.78, 5) is 32.8. The first-order valence-electron chi connectivity index (χ1n) is 13.1. The molecule has 5 aromatic rings. The van der Waals surface area contributed by atoms with Crippen molar-refractivity contribution in [2.24, 2.45) is 5.73 Å². The average molecular weight is 550 g/mol. The van der Waals surface area contributed by atoms with Crippen LogP contribution in [0.5, 0.6) is 11.6 Å². The van der Waals surface area contributed by atoms with E-state index in [-0.39, 0.29) is 17.7 Å². The number of nitrogens with one attached hydrogen (secondary N) is 2. The molecule has 0 saturated heterocycles. The first-order chi connectivity index (χ1) is 19.6. The Bertz CT molecular complexity index is 1740. The second-order valence-electron chi connectivity index (χ2n) is 10.7. The zero-order chi connectivity index (χ0) is 29.1. The molecule has 5 rings (SSSR count). The predicted molar refractivity (Wildman–Crippen MR) is 159 cm³/mol. The second-order valence-corrected chi connectivity index (χ2v) is 10.7. The lowest BCUT2D eigenvalue weighted by molar-refractivity contribution is -0.117. The van der Waals surface area contributed by atoms with Crippen LogP contribution >= 0.6 is 0 Å². The number of carbonyl (C=O) groups excluding carboxylic acids is 2. The highest BCUT2D eigenvalue weighted by molar-refractivity contribution is 6.07. The van der Waals surface area contributed by atoms with Crippen LogP contribution < -0.4 is 21.1 Å². The van der Waals surface area contributed by atoms with Crippen LogP contribution in [-0.2, 0) is 16.6 Å². The molecule has 0 saturated carbocycles. The lowest BCUT2D eigenvalue weighted by Crippen LogP contribution is -2.21. The first kappa shape index (κ1) is 27.3. The van der Waals surface area contributed by atoms with Gasteiger partial charge in [0.05, 0.1) is 29.2 Å². The van der Waals surface area contributed by atoms with Crippen LogP contribution in [0.3, 0.4) is 0 Å². The van der Waals surface area contributed by atoms with Gasteiger partial charge >= 0.3 is 6.03 Å². The van der Waals surface area contributed by atoms with E-state index in [1.54, 1.807) is 22.9 Å². The SMILES string of the molecule is Cc1ccc(-n2nc(C(C)(C)C)cc2NC(=O)Nc2ccc(Oc3cc(CC(N)=O)ncn3)c3ccccc23)cc1. The first-order valence-corrected chi connectivity index (χ1v) is 13.1. The van der Waals surface area contributed by atoms with Crippen molar-refractivity contribution in [1.82, 2.24) is 19.7 Å². The highest BCUT2D eigenvalue weighted by atomic mass is 16.5. The van der Waals surface area contributed by atoms with Gasteiger partial charge in [-0.1, -0.05) is 62.7 Å². The van der Waals surface area contributed by atoms with Gasteiger partial charge in [-0.3, -0.25) is 10.1 Å². The summed E-state index contributed by atoms with van der Waals surface area (Å²) in [6.07, 6.45) is 1.31. The molecule has 208 valence electrons. The molecule has 0 spiro atoms. The zero-order valence-electron chi connectivity index (χ0n) is 23.3. The maximum absolute atomic E-state index is 13.3. The number of aromatic nitrogens is 4. The van der Waals surface area contributed by atoms with E-state index >= 15 is 0 Å². The van der Waals surface area contributed by atoms with E-state index in [1.807, 2.05) is 61.5 Å². The Balaban J connectivity index is 1.41. The van der Waals surface area contributed by atoms with Crippen molar-refractivity contribution in [3.05, 3.63) is 96.1 Å². The third-order valence-corrected chi connectivity index (χ3v) is 6.40. The number of fused-ring (bicyclic) bond motifs is 1. The summed E-state index contributed by atoms with van der Waals surface area (Å²) in [6.45, 7) is 8.26. The Hall–Kier alpha value is -5.25. The molecule has 41 heavy (non-hydrogen) atoms. The summed E-state index contributed by atoms with van der Waals surface area (Å²) in [5, 5.41) is 12.3. The van der Waals surface area contributed by atoms with Gasteiger partial charge in [-0.15, -0.1) is 0 Å². The maximum atomic E-state index is 13.3. The Morgan fingerprint density at radius 2 is 1.66 bits per heavy atom. The van der Waals surface area contributed by atoms with Crippen LogP contribution in [0.2, 0.25) is 0 Å². The monoisotopic (exact) mass is 549 g/mol.